The first-order valence-corrected chi connectivity index (χ1v) is 17.6. The van der Waals surface area contributed by atoms with Crippen LogP contribution >= 0.6 is 0 Å². The monoisotopic (exact) mass is 660 g/mol. The third-order valence-corrected chi connectivity index (χ3v) is 9.45. The predicted molar refractivity (Wildman–Crippen MR) is 184 cm³/mol. The molecular formula is C35H41FN6O4S. The summed E-state index contributed by atoms with van der Waals surface area (Å²) >= 11 is 0. The SMILES string of the molecule is CC(C)NCCOc1ncc(-c2cc3c4c(cnc3cc2F)N(C)C(=O)C42CN(c3ccc(C(C)(C)C)cc3)C2)cc1NS(C)(=O)=O. The number of aromatic nitrogens is 2. The molecule has 47 heavy (non-hydrogen) atoms. The molecule has 1 saturated heterocycles. The van der Waals surface area contributed by atoms with Gasteiger partial charge in [-0.1, -0.05) is 46.8 Å². The summed E-state index contributed by atoms with van der Waals surface area (Å²) in [4.78, 5) is 26.6. The smallest absolute Gasteiger partial charge is 0.241 e. The van der Waals surface area contributed by atoms with Crippen molar-refractivity contribution in [1.29, 1.82) is 0 Å². The molecule has 4 heterocycles. The first kappa shape index (κ1) is 32.6. The van der Waals surface area contributed by atoms with Gasteiger partial charge in [0, 0.05) is 72.8 Å². The molecule has 2 aromatic carbocycles. The fourth-order valence-corrected chi connectivity index (χ4v) is 7.00. The number of nitrogens with zero attached hydrogens (tertiary/aromatic N) is 4. The van der Waals surface area contributed by atoms with Crippen LogP contribution in [-0.4, -0.2) is 69.9 Å². The van der Waals surface area contributed by atoms with Crippen LogP contribution < -0.4 is 24.6 Å². The Morgan fingerprint density at radius 2 is 1.77 bits per heavy atom. The minimum atomic E-state index is -3.69. The second-order valence-corrected chi connectivity index (χ2v) is 15.6. The Labute approximate surface area is 275 Å². The number of hydrogen-bond acceptors (Lipinski definition) is 8. The molecule has 248 valence electrons. The summed E-state index contributed by atoms with van der Waals surface area (Å²) in [7, 11) is -1.95. The van der Waals surface area contributed by atoms with Gasteiger partial charge >= 0.3 is 0 Å². The van der Waals surface area contributed by atoms with E-state index in [2.05, 4.69) is 69.9 Å². The van der Waals surface area contributed by atoms with Gasteiger partial charge in [-0.2, -0.15) is 0 Å². The van der Waals surface area contributed by atoms with E-state index >= 15 is 4.39 Å². The molecule has 0 bridgehead atoms. The number of rotatable bonds is 9. The van der Waals surface area contributed by atoms with Crippen molar-refractivity contribution in [3.05, 3.63) is 71.8 Å². The molecule has 2 N–H and O–H groups in total. The van der Waals surface area contributed by atoms with Gasteiger partial charge in [-0.15, -0.1) is 0 Å². The summed E-state index contributed by atoms with van der Waals surface area (Å²) in [5.74, 6) is -0.484. The maximum Gasteiger partial charge on any atom is 0.241 e. The van der Waals surface area contributed by atoms with Crippen LogP contribution in [0.25, 0.3) is 22.0 Å². The van der Waals surface area contributed by atoms with Gasteiger partial charge in [0.2, 0.25) is 21.8 Å². The van der Waals surface area contributed by atoms with E-state index in [0.29, 0.717) is 41.8 Å². The highest BCUT2D eigenvalue weighted by Gasteiger charge is 2.58. The van der Waals surface area contributed by atoms with Crippen molar-refractivity contribution < 1.29 is 22.3 Å². The molecular weight excluding hydrogens is 619 g/mol. The standard InChI is InChI=1S/C35H41FN6O4S/c1-21(2)37-12-13-46-32-29(40-47(7,44)45)14-22(17-39-32)25-15-26-28(16-27(25)36)38-18-30-31(26)35(33(43)41(30)6)19-42(20-35)24-10-8-23(9-11-24)34(3,4)5/h8-11,14-18,21,37,40H,12-13,19-20H2,1-7H3. The lowest BCUT2D eigenvalue weighted by Gasteiger charge is -2.48. The van der Waals surface area contributed by atoms with Crippen molar-refractivity contribution in [1.82, 2.24) is 15.3 Å². The largest absolute Gasteiger partial charge is 0.475 e. The van der Waals surface area contributed by atoms with Crippen molar-refractivity contribution >= 4 is 43.9 Å². The molecule has 0 unspecified atom stereocenters. The van der Waals surface area contributed by atoms with Crippen LogP contribution in [0, 0.1) is 5.82 Å². The van der Waals surface area contributed by atoms with Gasteiger partial charge in [-0.25, -0.2) is 17.8 Å². The molecule has 12 heteroatoms. The molecule has 0 saturated carbocycles. The molecule has 10 nitrogen and oxygen atoms in total. The number of anilines is 3. The van der Waals surface area contributed by atoms with Crippen molar-refractivity contribution in [2.45, 2.75) is 51.5 Å². The third kappa shape index (κ3) is 6.12. The number of sulfonamides is 1. The zero-order valence-electron chi connectivity index (χ0n) is 27.8. The minimum Gasteiger partial charge on any atom is -0.475 e. The molecule has 6 rings (SSSR count). The number of fused-ring (bicyclic) bond motifs is 4. The molecule has 0 atom stereocenters. The Hall–Kier alpha value is -4.29. The molecule has 1 fully saturated rings. The number of carbonyl (C=O) groups is 1. The van der Waals surface area contributed by atoms with Gasteiger partial charge in [0.1, 0.15) is 23.5 Å². The third-order valence-electron chi connectivity index (χ3n) is 8.86. The fraction of sp³-hybridized carbons (Fsp3) is 0.400. The maximum atomic E-state index is 15.8. The Morgan fingerprint density at radius 1 is 1.06 bits per heavy atom. The van der Waals surface area contributed by atoms with Crippen LogP contribution in [0.15, 0.2) is 54.9 Å². The number of pyridine rings is 2. The number of hydrogen-bond donors (Lipinski definition) is 2. The second kappa shape index (κ2) is 11.7. The highest BCUT2D eigenvalue weighted by atomic mass is 32.2. The van der Waals surface area contributed by atoms with Crippen LogP contribution in [0.3, 0.4) is 0 Å². The molecule has 0 aliphatic carbocycles. The Kier molecular flexibility index (Phi) is 8.16. The number of likely N-dealkylation sites (N-methyl/N-ethyl adjacent to an activating group) is 1. The number of nitrogens with one attached hydrogen (secondary N) is 2. The van der Waals surface area contributed by atoms with E-state index in [9.17, 15) is 13.2 Å². The van der Waals surface area contributed by atoms with E-state index in [0.717, 1.165) is 17.5 Å². The van der Waals surface area contributed by atoms with Gasteiger partial charge in [0.05, 0.1) is 23.7 Å². The van der Waals surface area contributed by atoms with Gasteiger partial charge in [0.15, 0.2) is 0 Å². The molecule has 1 spiro atoms. The summed E-state index contributed by atoms with van der Waals surface area (Å²) < 4.78 is 48.4. The van der Waals surface area contributed by atoms with E-state index in [4.69, 9.17) is 4.74 Å². The van der Waals surface area contributed by atoms with Crippen LogP contribution in [0.1, 0.15) is 45.7 Å². The number of carbonyl (C=O) groups excluding carboxylic acids is 1. The number of ether oxygens (including phenoxy) is 1. The van der Waals surface area contributed by atoms with Crippen LogP contribution in [-0.2, 0) is 25.6 Å². The summed E-state index contributed by atoms with van der Waals surface area (Å²) in [6.45, 7) is 12.3. The predicted octanol–water partition coefficient (Wildman–Crippen LogP) is 5.22. The quantitative estimate of drug-likeness (QED) is 0.235. The molecule has 2 aliphatic rings. The van der Waals surface area contributed by atoms with Gasteiger partial charge in [-0.05, 0) is 35.2 Å². The summed E-state index contributed by atoms with van der Waals surface area (Å²) in [5, 5.41) is 3.89. The van der Waals surface area contributed by atoms with Gasteiger partial charge < -0.3 is 19.9 Å². The summed E-state index contributed by atoms with van der Waals surface area (Å²) in [5.41, 5.74) is 4.09. The summed E-state index contributed by atoms with van der Waals surface area (Å²) in [6, 6.07) is 13.3. The minimum absolute atomic E-state index is 0.0231. The van der Waals surface area contributed by atoms with Crippen LogP contribution in [0.2, 0.25) is 0 Å². The lowest BCUT2D eigenvalue weighted by Crippen LogP contribution is -2.64. The number of benzene rings is 2. The first-order chi connectivity index (χ1) is 22.1. The van der Waals surface area contributed by atoms with E-state index in [1.165, 1.54) is 23.9 Å². The van der Waals surface area contributed by atoms with Gasteiger partial charge in [0.25, 0.3) is 0 Å². The average Bonchev–Trinajstić information content (AvgIpc) is 3.20. The molecule has 1 amide bonds. The Balaban J connectivity index is 1.38. The lowest BCUT2D eigenvalue weighted by molar-refractivity contribution is -0.123. The maximum absolute atomic E-state index is 15.8. The van der Waals surface area contributed by atoms with E-state index in [1.54, 1.807) is 24.2 Å². The number of halogens is 1. The van der Waals surface area contributed by atoms with Crippen molar-refractivity contribution in [3.8, 4) is 17.0 Å². The van der Waals surface area contributed by atoms with Crippen molar-refractivity contribution in [2.75, 3.05) is 54.1 Å². The Bertz CT molecular complexity index is 1970. The highest BCUT2D eigenvalue weighted by Crippen LogP contribution is 2.51. The molecule has 2 aliphatic heterocycles. The van der Waals surface area contributed by atoms with Crippen LogP contribution in [0.4, 0.5) is 21.5 Å². The Morgan fingerprint density at radius 3 is 2.40 bits per heavy atom. The second-order valence-electron chi connectivity index (χ2n) is 13.9. The van der Waals surface area contributed by atoms with Crippen LogP contribution in [0.5, 0.6) is 5.88 Å². The topological polar surface area (TPSA) is 117 Å². The van der Waals surface area contributed by atoms with Crippen molar-refractivity contribution in [3.63, 3.8) is 0 Å². The molecule has 4 aromatic rings. The molecule has 0 radical (unpaired) electrons. The highest BCUT2D eigenvalue weighted by molar-refractivity contribution is 7.92. The fourth-order valence-electron chi connectivity index (χ4n) is 6.46. The zero-order chi connectivity index (χ0) is 33.9. The summed E-state index contributed by atoms with van der Waals surface area (Å²) in [6.07, 6.45) is 4.13. The normalized spacial score (nSPS) is 15.8. The van der Waals surface area contributed by atoms with Gasteiger partial charge in [-0.3, -0.25) is 14.5 Å². The van der Waals surface area contributed by atoms with E-state index < -0.39 is 21.3 Å². The van der Waals surface area contributed by atoms with Crippen molar-refractivity contribution in [2.24, 2.45) is 0 Å². The molecule has 2 aromatic heterocycles. The van der Waals surface area contributed by atoms with E-state index in [-0.39, 0.29) is 41.1 Å². The zero-order valence-corrected chi connectivity index (χ0v) is 28.6. The average molecular weight is 661 g/mol. The van der Waals surface area contributed by atoms with E-state index in [1.807, 2.05) is 13.8 Å². The first-order valence-electron chi connectivity index (χ1n) is 15.7. The number of amides is 1. The lowest BCUT2D eigenvalue weighted by atomic mass is 9.73.